The van der Waals surface area contributed by atoms with Gasteiger partial charge in [-0.1, -0.05) is 18.2 Å². The summed E-state index contributed by atoms with van der Waals surface area (Å²) in [4.78, 5) is 4.27. The summed E-state index contributed by atoms with van der Waals surface area (Å²) in [6.07, 6.45) is 0. The number of nitrogens with zero attached hydrogens (tertiary/aromatic N) is 3. The minimum atomic E-state index is -0.166. The number of hydrogen-bond acceptors (Lipinski definition) is 4. The van der Waals surface area contributed by atoms with Gasteiger partial charge in [-0.2, -0.15) is 5.10 Å². The molecule has 5 nitrogen and oxygen atoms in total. The van der Waals surface area contributed by atoms with E-state index >= 15 is 0 Å². The molecule has 2 rings (SSSR count). The van der Waals surface area contributed by atoms with Gasteiger partial charge < -0.3 is 10.5 Å². The van der Waals surface area contributed by atoms with Crippen molar-refractivity contribution in [2.45, 2.75) is 26.4 Å². The van der Waals surface area contributed by atoms with E-state index in [0.29, 0.717) is 6.54 Å². The largest absolute Gasteiger partial charge is 0.496 e. The Balaban J connectivity index is 2.21. The van der Waals surface area contributed by atoms with E-state index in [1.165, 1.54) is 0 Å². The van der Waals surface area contributed by atoms with Crippen molar-refractivity contribution in [2.75, 3.05) is 7.11 Å². The van der Waals surface area contributed by atoms with Crippen molar-refractivity contribution >= 4 is 0 Å². The van der Waals surface area contributed by atoms with Crippen LogP contribution in [0.2, 0.25) is 0 Å². The molecular formula is C13H18N4O. The third-order valence-corrected chi connectivity index (χ3v) is 2.87. The monoisotopic (exact) mass is 246 g/mol. The Labute approximate surface area is 107 Å². The summed E-state index contributed by atoms with van der Waals surface area (Å²) in [5.41, 5.74) is 7.19. The second-order valence-electron chi connectivity index (χ2n) is 4.24. The lowest BCUT2D eigenvalue weighted by Gasteiger charge is -2.15. The average Bonchev–Trinajstić information content (AvgIpc) is 2.67. The molecule has 0 radical (unpaired) electrons. The molecular weight excluding hydrogens is 228 g/mol. The first-order valence-electron chi connectivity index (χ1n) is 5.88. The Morgan fingerprint density at radius 1 is 1.33 bits per heavy atom. The van der Waals surface area contributed by atoms with Gasteiger partial charge in [-0.15, -0.1) is 0 Å². The summed E-state index contributed by atoms with van der Waals surface area (Å²) in [6, 6.07) is 7.61. The van der Waals surface area contributed by atoms with E-state index in [-0.39, 0.29) is 6.04 Å². The van der Waals surface area contributed by atoms with E-state index in [4.69, 9.17) is 10.5 Å². The topological polar surface area (TPSA) is 66.0 Å². The molecule has 5 heteroatoms. The first-order chi connectivity index (χ1) is 8.61. The molecule has 1 aromatic carbocycles. The van der Waals surface area contributed by atoms with Crippen LogP contribution < -0.4 is 10.5 Å². The predicted molar refractivity (Wildman–Crippen MR) is 69.4 cm³/mol. The maximum absolute atomic E-state index is 6.21. The molecule has 0 aliphatic heterocycles. The fraction of sp³-hybridized carbons (Fsp3) is 0.385. The second kappa shape index (κ2) is 5.18. The Kier molecular flexibility index (Phi) is 3.62. The van der Waals surface area contributed by atoms with Crippen LogP contribution in [0.15, 0.2) is 24.3 Å². The van der Waals surface area contributed by atoms with Crippen LogP contribution in [0.1, 0.15) is 23.3 Å². The molecule has 18 heavy (non-hydrogen) atoms. The molecule has 0 saturated heterocycles. The first-order valence-corrected chi connectivity index (χ1v) is 5.88. The van der Waals surface area contributed by atoms with Crippen LogP contribution in [-0.2, 0) is 6.54 Å². The number of ether oxygens (including phenoxy) is 1. The Hall–Kier alpha value is -1.88. The van der Waals surface area contributed by atoms with E-state index < -0.39 is 0 Å². The number of nitrogens with two attached hydrogens (primary N) is 1. The lowest BCUT2D eigenvalue weighted by molar-refractivity contribution is 0.399. The molecule has 96 valence electrons. The molecule has 0 aliphatic carbocycles. The molecule has 2 N–H and O–H groups in total. The summed E-state index contributed by atoms with van der Waals surface area (Å²) in [7, 11) is 1.65. The Morgan fingerprint density at radius 3 is 2.67 bits per heavy atom. The Morgan fingerprint density at radius 2 is 2.06 bits per heavy atom. The van der Waals surface area contributed by atoms with Gasteiger partial charge in [0.25, 0.3) is 0 Å². The van der Waals surface area contributed by atoms with Crippen molar-refractivity contribution < 1.29 is 4.74 Å². The summed E-state index contributed by atoms with van der Waals surface area (Å²) >= 11 is 0. The van der Waals surface area contributed by atoms with Gasteiger partial charge in [0.05, 0.1) is 19.7 Å². The molecule has 2 aromatic rings. The smallest absolute Gasteiger partial charge is 0.147 e. The molecule has 0 fully saturated rings. The molecule has 0 aliphatic rings. The standard InChI is InChI=1S/C13H18N4O/c1-9-15-10(2)17(16-9)8-12(14)11-6-4-5-7-13(11)18-3/h4-7,12H,8,14H2,1-3H3. The van der Waals surface area contributed by atoms with Crippen molar-refractivity contribution in [2.24, 2.45) is 5.73 Å². The number of aryl methyl sites for hydroxylation is 2. The first kappa shape index (κ1) is 12.6. The quantitative estimate of drug-likeness (QED) is 0.890. The third kappa shape index (κ3) is 2.51. The van der Waals surface area contributed by atoms with Crippen molar-refractivity contribution in [1.29, 1.82) is 0 Å². The van der Waals surface area contributed by atoms with Crippen LogP contribution in [0.3, 0.4) is 0 Å². The van der Waals surface area contributed by atoms with Crippen molar-refractivity contribution in [1.82, 2.24) is 14.8 Å². The minimum absolute atomic E-state index is 0.166. The van der Waals surface area contributed by atoms with Crippen LogP contribution in [0.25, 0.3) is 0 Å². The Bertz CT molecular complexity index is 536. The van der Waals surface area contributed by atoms with Crippen molar-refractivity contribution in [3.05, 3.63) is 41.5 Å². The maximum atomic E-state index is 6.21. The highest BCUT2D eigenvalue weighted by Crippen LogP contribution is 2.24. The molecule has 1 atom stereocenters. The molecule has 0 saturated carbocycles. The van der Waals surface area contributed by atoms with Gasteiger partial charge in [0.2, 0.25) is 0 Å². The molecule has 1 unspecified atom stereocenters. The molecule has 1 aromatic heterocycles. The van der Waals surface area contributed by atoms with Crippen LogP contribution in [0.4, 0.5) is 0 Å². The highest BCUT2D eigenvalue weighted by atomic mass is 16.5. The van der Waals surface area contributed by atoms with Gasteiger partial charge in [0.15, 0.2) is 0 Å². The summed E-state index contributed by atoms with van der Waals surface area (Å²) in [6.45, 7) is 4.39. The number of aromatic nitrogens is 3. The maximum Gasteiger partial charge on any atom is 0.147 e. The number of hydrogen-bond donors (Lipinski definition) is 1. The zero-order chi connectivity index (χ0) is 13.1. The normalized spacial score (nSPS) is 12.4. The van der Waals surface area contributed by atoms with Gasteiger partial charge in [-0.25, -0.2) is 9.67 Å². The van der Waals surface area contributed by atoms with E-state index in [1.807, 2.05) is 42.8 Å². The highest BCUT2D eigenvalue weighted by molar-refractivity contribution is 5.35. The summed E-state index contributed by atoms with van der Waals surface area (Å²) in [5.74, 6) is 2.44. The third-order valence-electron chi connectivity index (χ3n) is 2.87. The minimum Gasteiger partial charge on any atom is -0.496 e. The van der Waals surface area contributed by atoms with Gasteiger partial charge in [-0.3, -0.25) is 0 Å². The van der Waals surface area contributed by atoms with Crippen molar-refractivity contribution in [3.8, 4) is 5.75 Å². The second-order valence-corrected chi connectivity index (χ2v) is 4.24. The van der Waals surface area contributed by atoms with E-state index in [9.17, 15) is 0 Å². The molecule has 0 amide bonds. The fourth-order valence-electron chi connectivity index (χ4n) is 1.99. The van der Waals surface area contributed by atoms with Crippen LogP contribution in [0.5, 0.6) is 5.75 Å². The lowest BCUT2D eigenvalue weighted by atomic mass is 10.1. The van der Waals surface area contributed by atoms with E-state index in [2.05, 4.69) is 10.1 Å². The number of rotatable bonds is 4. The fourth-order valence-corrected chi connectivity index (χ4v) is 1.99. The SMILES string of the molecule is COc1ccccc1C(N)Cn1nc(C)nc1C. The van der Waals surface area contributed by atoms with Gasteiger partial charge >= 0.3 is 0 Å². The van der Waals surface area contributed by atoms with E-state index in [0.717, 1.165) is 23.0 Å². The highest BCUT2D eigenvalue weighted by Gasteiger charge is 2.14. The number of methoxy groups -OCH3 is 1. The van der Waals surface area contributed by atoms with Crippen LogP contribution >= 0.6 is 0 Å². The average molecular weight is 246 g/mol. The molecule has 1 heterocycles. The number of benzene rings is 1. The zero-order valence-corrected chi connectivity index (χ0v) is 10.9. The van der Waals surface area contributed by atoms with Crippen LogP contribution in [-0.4, -0.2) is 21.9 Å². The van der Waals surface area contributed by atoms with Gasteiger partial charge in [0, 0.05) is 5.56 Å². The predicted octanol–water partition coefficient (Wildman–Crippen LogP) is 1.60. The van der Waals surface area contributed by atoms with Gasteiger partial charge in [-0.05, 0) is 19.9 Å². The zero-order valence-electron chi connectivity index (χ0n) is 10.9. The summed E-state index contributed by atoms with van der Waals surface area (Å²) < 4.78 is 7.14. The van der Waals surface area contributed by atoms with Crippen LogP contribution in [0, 0.1) is 13.8 Å². The number of para-hydroxylation sites is 1. The molecule has 0 spiro atoms. The molecule has 0 bridgehead atoms. The lowest BCUT2D eigenvalue weighted by Crippen LogP contribution is -2.20. The van der Waals surface area contributed by atoms with Gasteiger partial charge in [0.1, 0.15) is 17.4 Å². The van der Waals surface area contributed by atoms with E-state index in [1.54, 1.807) is 7.11 Å². The summed E-state index contributed by atoms with van der Waals surface area (Å²) in [5, 5.41) is 4.32. The van der Waals surface area contributed by atoms with Crippen molar-refractivity contribution in [3.63, 3.8) is 0 Å².